The molecule has 0 bridgehead atoms. The average molecular weight is 336 g/mol. The number of carboxylic acids is 1. The standard InChI is InChI=1S/C14H14BrN3O2/c1-2-8-7-10(15)5-6-11(8)18-13(9-3-4-9)16-12(17-18)14(19)20/h5-7,9H,2-4H2,1H3,(H,19,20). The van der Waals surface area contributed by atoms with Gasteiger partial charge in [-0.2, -0.15) is 0 Å². The zero-order valence-corrected chi connectivity index (χ0v) is 12.6. The fraction of sp³-hybridized carbons (Fsp3) is 0.357. The third-order valence-electron chi connectivity index (χ3n) is 3.42. The maximum absolute atomic E-state index is 11.1. The third-order valence-corrected chi connectivity index (χ3v) is 3.91. The van der Waals surface area contributed by atoms with E-state index in [2.05, 4.69) is 32.9 Å². The van der Waals surface area contributed by atoms with E-state index in [1.807, 2.05) is 18.2 Å². The summed E-state index contributed by atoms with van der Waals surface area (Å²) >= 11 is 3.46. The van der Waals surface area contributed by atoms with E-state index >= 15 is 0 Å². The number of aromatic nitrogens is 3. The highest BCUT2D eigenvalue weighted by molar-refractivity contribution is 9.10. The Morgan fingerprint density at radius 1 is 1.50 bits per heavy atom. The molecule has 1 fully saturated rings. The van der Waals surface area contributed by atoms with E-state index in [9.17, 15) is 4.79 Å². The van der Waals surface area contributed by atoms with Crippen LogP contribution in [-0.2, 0) is 6.42 Å². The largest absolute Gasteiger partial charge is 0.475 e. The van der Waals surface area contributed by atoms with Gasteiger partial charge in [0.1, 0.15) is 5.82 Å². The Hall–Kier alpha value is -1.69. The van der Waals surface area contributed by atoms with Gasteiger partial charge < -0.3 is 5.11 Å². The number of carboxylic acid groups (broad SMARTS) is 1. The zero-order valence-electron chi connectivity index (χ0n) is 11.0. The maximum atomic E-state index is 11.1. The molecule has 0 amide bonds. The van der Waals surface area contributed by atoms with Gasteiger partial charge in [0, 0.05) is 10.4 Å². The number of halogens is 1. The van der Waals surface area contributed by atoms with Gasteiger partial charge in [-0.05, 0) is 43.0 Å². The summed E-state index contributed by atoms with van der Waals surface area (Å²) in [6.07, 6.45) is 2.95. The molecule has 1 N–H and O–H groups in total. The topological polar surface area (TPSA) is 68.0 Å². The number of aryl methyl sites for hydroxylation is 1. The summed E-state index contributed by atoms with van der Waals surface area (Å²) in [6.45, 7) is 2.07. The Labute approximate surface area is 124 Å². The Bertz CT molecular complexity index is 677. The smallest absolute Gasteiger partial charge is 0.375 e. The van der Waals surface area contributed by atoms with Crippen LogP contribution in [0.4, 0.5) is 0 Å². The van der Waals surface area contributed by atoms with E-state index in [0.29, 0.717) is 5.92 Å². The summed E-state index contributed by atoms with van der Waals surface area (Å²) in [5, 5.41) is 13.3. The monoisotopic (exact) mass is 335 g/mol. The molecule has 20 heavy (non-hydrogen) atoms. The maximum Gasteiger partial charge on any atom is 0.375 e. The van der Waals surface area contributed by atoms with Crippen molar-refractivity contribution in [2.24, 2.45) is 0 Å². The molecular formula is C14H14BrN3O2. The summed E-state index contributed by atoms with van der Waals surface area (Å²) in [5.74, 6) is -0.110. The molecule has 5 nitrogen and oxygen atoms in total. The SMILES string of the molecule is CCc1cc(Br)ccc1-n1nc(C(=O)O)nc1C1CC1. The van der Waals surface area contributed by atoms with Crippen LogP contribution in [0.1, 0.15) is 47.7 Å². The highest BCUT2D eigenvalue weighted by atomic mass is 79.9. The van der Waals surface area contributed by atoms with Crippen LogP contribution in [0.15, 0.2) is 22.7 Å². The third kappa shape index (κ3) is 2.35. The summed E-state index contributed by atoms with van der Waals surface area (Å²) in [4.78, 5) is 15.3. The van der Waals surface area contributed by atoms with Crippen LogP contribution in [-0.4, -0.2) is 25.8 Å². The molecule has 3 rings (SSSR count). The highest BCUT2D eigenvalue weighted by Crippen LogP contribution is 2.40. The molecule has 1 aliphatic carbocycles. The van der Waals surface area contributed by atoms with Crippen LogP contribution in [0, 0.1) is 0 Å². The van der Waals surface area contributed by atoms with Gasteiger partial charge in [-0.1, -0.05) is 22.9 Å². The predicted octanol–water partition coefficient (Wildman–Crippen LogP) is 3.17. The highest BCUT2D eigenvalue weighted by Gasteiger charge is 2.31. The van der Waals surface area contributed by atoms with Crippen molar-refractivity contribution in [2.75, 3.05) is 0 Å². The van der Waals surface area contributed by atoms with Crippen LogP contribution in [0.2, 0.25) is 0 Å². The first-order chi connectivity index (χ1) is 9.60. The first-order valence-electron chi connectivity index (χ1n) is 6.59. The van der Waals surface area contributed by atoms with Gasteiger partial charge in [-0.15, -0.1) is 5.10 Å². The van der Waals surface area contributed by atoms with Gasteiger partial charge in [0.2, 0.25) is 0 Å². The fourth-order valence-corrected chi connectivity index (χ4v) is 2.65. The molecule has 2 aromatic rings. The second-order valence-electron chi connectivity index (χ2n) is 4.91. The van der Waals surface area contributed by atoms with Crippen molar-refractivity contribution in [2.45, 2.75) is 32.1 Å². The van der Waals surface area contributed by atoms with Crippen molar-refractivity contribution in [3.8, 4) is 5.69 Å². The summed E-state index contributed by atoms with van der Waals surface area (Å²) in [5.41, 5.74) is 2.03. The Morgan fingerprint density at radius 2 is 2.25 bits per heavy atom. The Balaban J connectivity index is 2.15. The van der Waals surface area contributed by atoms with E-state index in [4.69, 9.17) is 5.11 Å². The lowest BCUT2D eigenvalue weighted by molar-refractivity contribution is 0.0683. The van der Waals surface area contributed by atoms with Crippen LogP contribution in [0.5, 0.6) is 0 Å². The number of nitrogens with zero attached hydrogens (tertiary/aromatic N) is 3. The van der Waals surface area contributed by atoms with Crippen LogP contribution < -0.4 is 0 Å². The predicted molar refractivity (Wildman–Crippen MR) is 77.4 cm³/mol. The molecule has 0 saturated heterocycles. The van der Waals surface area contributed by atoms with Crippen LogP contribution >= 0.6 is 15.9 Å². The molecule has 0 spiro atoms. The summed E-state index contributed by atoms with van der Waals surface area (Å²) in [6, 6.07) is 5.93. The number of carbonyl (C=O) groups is 1. The molecular weight excluding hydrogens is 322 g/mol. The molecule has 0 radical (unpaired) electrons. The van der Waals surface area contributed by atoms with E-state index in [1.54, 1.807) is 4.68 Å². The van der Waals surface area contributed by atoms with Crippen molar-refractivity contribution in [3.05, 3.63) is 39.9 Å². The molecule has 1 aromatic carbocycles. The van der Waals surface area contributed by atoms with Crippen LogP contribution in [0.25, 0.3) is 5.69 Å². The molecule has 0 atom stereocenters. The van der Waals surface area contributed by atoms with Crippen molar-refractivity contribution in [1.82, 2.24) is 14.8 Å². The van der Waals surface area contributed by atoms with Crippen molar-refractivity contribution >= 4 is 21.9 Å². The lowest BCUT2D eigenvalue weighted by Gasteiger charge is -2.10. The molecule has 104 valence electrons. The van der Waals surface area contributed by atoms with E-state index in [0.717, 1.165) is 40.8 Å². The normalized spacial score (nSPS) is 14.5. The van der Waals surface area contributed by atoms with Crippen molar-refractivity contribution in [1.29, 1.82) is 0 Å². The minimum Gasteiger partial charge on any atom is -0.475 e. The summed E-state index contributed by atoms with van der Waals surface area (Å²) < 4.78 is 2.71. The van der Waals surface area contributed by atoms with Gasteiger partial charge in [-0.3, -0.25) is 0 Å². The number of hydrogen-bond acceptors (Lipinski definition) is 3. The van der Waals surface area contributed by atoms with E-state index in [1.165, 1.54) is 0 Å². The molecule has 6 heteroatoms. The van der Waals surface area contributed by atoms with Crippen LogP contribution in [0.3, 0.4) is 0 Å². The molecule has 1 saturated carbocycles. The van der Waals surface area contributed by atoms with E-state index in [-0.39, 0.29) is 5.82 Å². The Morgan fingerprint density at radius 3 is 2.85 bits per heavy atom. The van der Waals surface area contributed by atoms with Crippen molar-refractivity contribution in [3.63, 3.8) is 0 Å². The second-order valence-corrected chi connectivity index (χ2v) is 5.83. The average Bonchev–Trinajstić information content (AvgIpc) is 3.17. The molecule has 0 unspecified atom stereocenters. The first-order valence-corrected chi connectivity index (χ1v) is 7.38. The molecule has 1 aliphatic rings. The van der Waals surface area contributed by atoms with Gasteiger partial charge in [0.25, 0.3) is 5.82 Å². The lowest BCUT2D eigenvalue weighted by Crippen LogP contribution is -2.06. The second kappa shape index (κ2) is 5.01. The minimum atomic E-state index is -1.08. The molecule has 1 aromatic heterocycles. The van der Waals surface area contributed by atoms with Gasteiger partial charge in [0.05, 0.1) is 5.69 Å². The minimum absolute atomic E-state index is 0.128. The zero-order chi connectivity index (χ0) is 14.3. The number of aromatic carboxylic acids is 1. The number of hydrogen-bond donors (Lipinski definition) is 1. The quantitative estimate of drug-likeness (QED) is 0.931. The van der Waals surface area contributed by atoms with Gasteiger partial charge in [-0.25, -0.2) is 14.5 Å². The van der Waals surface area contributed by atoms with Gasteiger partial charge >= 0.3 is 5.97 Å². The fourth-order valence-electron chi connectivity index (χ4n) is 2.24. The van der Waals surface area contributed by atoms with Gasteiger partial charge in [0.15, 0.2) is 0 Å². The summed E-state index contributed by atoms with van der Waals surface area (Å²) in [7, 11) is 0. The number of rotatable bonds is 4. The first kappa shape index (κ1) is 13.3. The number of benzene rings is 1. The Kier molecular flexibility index (Phi) is 3.33. The van der Waals surface area contributed by atoms with Crippen molar-refractivity contribution < 1.29 is 9.90 Å². The molecule has 1 heterocycles. The molecule has 0 aliphatic heterocycles. The lowest BCUT2D eigenvalue weighted by atomic mass is 10.1. The van der Waals surface area contributed by atoms with E-state index < -0.39 is 5.97 Å².